The van der Waals surface area contributed by atoms with E-state index in [-0.39, 0.29) is 35.6 Å². The highest BCUT2D eigenvalue weighted by Gasteiger charge is 2.41. The Morgan fingerprint density at radius 2 is 1.80 bits per heavy atom. The van der Waals surface area contributed by atoms with Crippen LogP contribution >= 0.6 is 0 Å². The van der Waals surface area contributed by atoms with Gasteiger partial charge in [-0.05, 0) is 64.7 Å². The molecule has 0 unspecified atom stereocenters. The van der Waals surface area contributed by atoms with Crippen LogP contribution < -0.4 is 4.90 Å². The van der Waals surface area contributed by atoms with Crippen LogP contribution in [0.2, 0.25) is 0 Å². The second-order valence-corrected chi connectivity index (χ2v) is 10.8. The molecule has 184 valence electrons. The molecule has 2 aromatic rings. The van der Waals surface area contributed by atoms with Crippen LogP contribution in [0, 0.1) is 28.5 Å². The van der Waals surface area contributed by atoms with Gasteiger partial charge in [0, 0.05) is 55.8 Å². The SMILES string of the molecule is C[C@@H]1CN(C(=O)C2CC2)C[C@H](C)N1C(=O)c1cnc2ccc(F)cc2c1N1CCC(C)(C#N)CC1. The van der Waals surface area contributed by atoms with Crippen LogP contribution in [0.3, 0.4) is 0 Å². The molecular weight excluding hydrogens is 445 g/mol. The summed E-state index contributed by atoms with van der Waals surface area (Å²) in [6, 6.07) is 6.60. The van der Waals surface area contributed by atoms with Gasteiger partial charge < -0.3 is 14.7 Å². The molecule has 0 radical (unpaired) electrons. The summed E-state index contributed by atoms with van der Waals surface area (Å²) in [4.78, 5) is 37.1. The third-order valence-electron chi connectivity index (χ3n) is 7.88. The van der Waals surface area contributed by atoms with Gasteiger partial charge in [-0.25, -0.2) is 4.39 Å². The first-order chi connectivity index (χ1) is 16.7. The van der Waals surface area contributed by atoms with Gasteiger partial charge in [0.2, 0.25) is 5.91 Å². The highest BCUT2D eigenvalue weighted by Crippen LogP contribution is 2.38. The smallest absolute Gasteiger partial charge is 0.258 e. The Morgan fingerprint density at radius 1 is 1.14 bits per heavy atom. The van der Waals surface area contributed by atoms with Gasteiger partial charge in [0.15, 0.2) is 0 Å². The first-order valence-electron chi connectivity index (χ1n) is 12.6. The lowest BCUT2D eigenvalue weighted by Crippen LogP contribution is -2.60. The van der Waals surface area contributed by atoms with Crippen molar-refractivity contribution in [3.05, 3.63) is 35.8 Å². The van der Waals surface area contributed by atoms with Gasteiger partial charge in [-0.2, -0.15) is 5.26 Å². The topological polar surface area (TPSA) is 80.5 Å². The maximum atomic E-state index is 14.3. The number of hydrogen-bond donors (Lipinski definition) is 0. The minimum Gasteiger partial charge on any atom is -0.370 e. The van der Waals surface area contributed by atoms with Crippen LogP contribution in [-0.4, -0.2) is 64.9 Å². The first kappa shape index (κ1) is 23.5. The van der Waals surface area contributed by atoms with Crippen LogP contribution in [0.4, 0.5) is 10.1 Å². The second kappa shape index (κ2) is 8.78. The maximum absolute atomic E-state index is 14.3. The summed E-state index contributed by atoms with van der Waals surface area (Å²) in [6.45, 7) is 8.17. The van der Waals surface area contributed by atoms with E-state index >= 15 is 0 Å². The Bertz CT molecular complexity index is 1200. The number of aromatic nitrogens is 1. The van der Waals surface area contributed by atoms with Crippen molar-refractivity contribution in [3.8, 4) is 6.07 Å². The zero-order valence-corrected chi connectivity index (χ0v) is 20.6. The molecule has 3 heterocycles. The maximum Gasteiger partial charge on any atom is 0.258 e. The average Bonchev–Trinajstić information content (AvgIpc) is 3.68. The molecule has 1 aromatic heterocycles. The molecule has 0 N–H and O–H groups in total. The molecule has 1 aromatic carbocycles. The quantitative estimate of drug-likeness (QED) is 0.668. The first-order valence-corrected chi connectivity index (χ1v) is 12.6. The minimum atomic E-state index is -0.401. The van der Waals surface area contributed by atoms with Crippen molar-refractivity contribution in [2.45, 2.75) is 58.5 Å². The van der Waals surface area contributed by atoms with E-state index in [1.807, 2.05) is 30.6 Å². The lowest BCUT2D eigenvalue weighted by atomic mass is 9.81. The fraction of sp³-hybridized carbons (Fsp3) is 0.556. The number of carbonyl (C=O) groups is 2. The van der Waals surface area contributed by atoms with E-state index in [1.54, 1.807) is 12.3 Å². The number of rotatable bonds is 3. The Hall–Kier alpha value is -3.21. The molecule has 0 bridgehead atoms. The summed E-state index contributed by atoms with van der Waals surface area (Å²) in [5.41, 5.74) is 1.37. The van der Waals surface area contributed by atoms with E-state index in [0.717, 1.165) is 12.8 Å². The third-order valence-corrected chi connectivity index (χ3v) is 7.88. The lowest BCUT2D eigenvalue weighted by Gasteiger charge is -2.45. The van der Waals surface area contributed by atoms with E-state index in [0.29, 0.717) is 61.2 Å². The molecule has 35 heavy (non-hydrogen) atoms. The number of fused-ring (bicyclic) bond motifs is 1. The van der Waals surface area contributed by atoms with Gasteiger partial charge in [0.1, 0.15) is 5.82 Å². The van der Waals surface area contributed by atoms with Crippen LogP contribution in [0.5, 0.6) is 0 Å². The summed E-state index contributed by atoms with van der Waals surface area (Å²) in [5.74, 6) is -0.169. The third kappa shape index (κ3) is 4.33. The van der Waals surface area contributed by atoms with Crippen molar-refractivity contribution < 1.29 is 14.0 Å². The lowest BCUT2D eigenvalue weighted by molar-refractivity contribution is -0.136. The van der Waals surface area contributed by atoms with Crippen LogP contribution in [0.25, 0.3) is 10.9 Å². The average molecular weight is 478 g/mol. The van der Waals surface area contributed by atoms with E-state index in [9.17, 15) is 19.2 Å². The summed E-state index contributed by atoms with van der Waals surface area (Å²) < 4.78 is 14.3. The highest BCUT2D eigenvalue weighted by atomic mass is 19.1. The molecule has 0 spiro atoms. The summed E-state index contributed by atoms with van der Waals surface area (Å²) in [5, 5.41) is 10.2. The monoisotopic (exact) mass is 477 g/mol. The van der Waals surface area contributed by atoms with Crippen molar-refractivity contribution in [3.63, 3.8) is 0 Å². The number of amides is 2. The van der Waals surface area contributed by atoms with Crippen molar-refractivity contribution in [2.24, 2.45) is 11.3 Å². The van der Waals surface area contributed by atoms with Gasteiger partial charge in [-0.15, -0.1) is 0 Å². The largest absolute Gasteiger partial charge is 0.370 e. The molecule has 2 atom stereocenters. The van der Waals surface area contributed by atoms with Gasteiger partial charge in [-0.3, -0.25) is 14.6 Å². The minimum absolute atomic E-state index is 0.145. The highest BCUT2D eigenvalue weighted by molar-refractivity contribution is 6.07. The van der Waals surface area contributed by atoms with Crippen LogP contribution in [-0.2, 0) is 4.79 Å². The number of carbonyl (C=O) groups excluding carboxylic acids is 2. The predicted octanol–water partition coefficient (Wildman–Crippen LogP) is 3.98. The van der Waals surface area contributed by atoms with E-state index in [2.05, 4.69) is 16.0 Å². The van der Waals surface area contributed by atoms with Gasteiger partial charge in [0.05, 0.1) is 28.3 Å². The summed E-state index contributed by atoms with van der Waals surface area (Å²) in [7, 11) is 0. The Kier molecular flexibility index (Phi) is 5.90. The van der Waals surface area contributed by atoms with Crippen molar-refractivity contribution in [1.82, 2.24) is 14.8 Å². The normalized spacial score (nSPS) is 24.4. The number of nitrogens with zero attached hydrogens (tertiary/aromatic N) is 5. The fourth-order valence-electron chi connectivity index (χ4n) is 5.61. The molecule has 5 rings (SSSR count). The second-order valence-electron chi connectivity index (χ2n) is 10.8. The fourth-order valence-corrected chi connectivity index (χ4v) is 5.61. The van der Waals surface area contributed by atoms with Gasteiger partial charge in [0.25, 0.3) is 5.91 Å². The van der Waals surface area contributed by atoms with E-state index in [1.165, 1.54) is 12.1 Å². The van der Waals surface area contributed by atoms with Crippen molar-refractivity contribution in [1.29, 1.82) is 5.26 Å². The molecular formula is C27H32FN5O2. The number of halogens is 1. The standard InChI is InChI=1S/C27H32FN5O2/c1-17-14-32(25(34)19-4-5-19)15-18(2)33(17)26(35)22-13-30-23-7-6-20(28)12-21(23)24(22)31-10-8-27(3,16-29)9-11-31/h6-7,12-13,17-19H,4-5,8-11,14-15H2,1-3H3/t17-,18+. The number of nitriles is 1. The number of benzene rings is 1. The Labute approximate surface area is 205 Å². The van der Waals surface area contributed by atoms with Crippen molar-refractivity contribution >= 4 is 28.4 Å². The van der Waals surface area contributed by atoms with Crippen molar-refractivity contribution in [2.75, 3.05) is 31.1 Å². The van der Waals surface area contributed by atoms with E-state index < -0.39 is 5.41 Å². The summed E-state index contributed by atoms with van der Waals surface area (Å²) >= 11 is 0. The van der Waals surface area contributed by atoms with E-state index in [4.69, 9.17) is 0 Å². The van der Waals surface area contributed by atoms with Crippen LogP contribution in [0.15, 0.2) is 24.4 Å². The zero-order chi connectivity index (χ0) is 24.9. The Balaban J connectivity index is 1.50. The number of pyridine rings is 1. The number of piperazine rings is 1. The predicted molar refractivity (Wildman–Crippen MR) is 131 cm³/mol. The molecule has 7 nitrogen and oxygen atoms in total. The Morgan fingerprint density at radius 3 is 2.40 bits per heavy atom. The molecule has 3 aliphatic rings. The van der Waals surface area contributed by atoms with Gasteiger partial charge >= 0.3 is 0 Å². The number of hydrogen-bond acceptors (Lipinski definition) is 5. The zero-order valence-electron chi connectivity index (χ0n) is 20.6. The molecule has 2 saturated heterocycles. The number of piperidine rings is 1. The molecule has 1 aliphatic carbocycles. The van der Waals surface area contributed by atoms with Crippen LogP contribution in [0.1, 0.15) is 56.8 Å². The molecule has 1 saturated carbocycles. The van der Waals surface area contributed by atoms with Gasteiger partial charge in [-0.1, -0.05) is 0 Å². The molecule has 3 fully saturated rings. The summed E-state index contributed by atoms with van der Waals surface area (Å²) in [6.07, 6.45) is 4.88. The number of anilines is 1. The molecule has 2 amide bonds. The molecule has 8 heteroatoms. The molecule has 2 aliphatic heterocycles.